The molecule has 3 nitrogen and oxygen atoms in total. The Labute approximate surface area is 120 Å². The quantitative estimate of drug-likeness (QED) is 0.916. The maximum Gasteiger partial charge on any atom is 0.303 e. The lowest BCUT2D eigenvalue weighted by Crippen LogP contribution is -2.50. The zero-order valence-electron chi connectivity index (χ0n) is 11.9. The summed E-state index contributed by atoms with van der Waals surface area (Å²) >= 11 is 0. The third-order valence-electron chi connectivity index (χ3n) is 4.89. The topological polar surface area (TPSA) is 40.5 Å². The highest BCUT2D eigenvalue weighted by atomic mass is 16.4. The predicted octanol–water partition coefficient (Wildman–Crippen LogP) is 3.15. The van der Waals surface area contributed by atoms with Gasteiger partial charge in [-0.2, -0.15) is 0 Å². The van der Waals surface area contributed by atoms with Crippen molar-refractivity contribution in [1.82, 2.24) is 4.90 Å². The fourth-order valence-corrected chi connectivity index (χ4v) is 4.29. The number of hydrogen-bond donors (Lipinski definition) is 1. The van der Waals surface area contributed by atoms with E-state index in [1.165, 1.54) is 18.4 Å². The number of carboxylic acids is 1. The number of piperidine rings is 1. The first-order chi connectivity index (χ1) is 9.65. The number of hydrogen-bond acceptors (Lipinski definition) is 2. The van der Waals surface area contributed by atoms with Crippen molar-refractivity contribution in [3.8, 4) is 0 Å². The number of nitrogens with zero attached hydrogens (tertiary/aromatic N) is 1. The van der Waals surface area contributed by atoms with Crippen LogP contribution in [0.15, 0.2) is 30.3 Å². The van der Waals surface area contributed by atoms with Crippen molar-refractivity contribution in [1.29, 1.82) is 0 Å². The molecule has 2 aliphatic rings. The maximum atomic E-state index is 11.2. The van der Waals surface area contributed by atoms with Crippen molar-refractivity contribution in [2.24, 2.45) is 11.3 Å². The zero-order valence-corrected chi connectivity index (χ0v) is 11.9. The molecule has 0 aromatic heterocycles. The smallest absolute Gasteiger partial charge is 0.303 e. The highest BCUT2D eigenvalue weighted by Gasteiger charge is 2.43. The molecule has 108 valence electrons. The van der Waals surface area contributed by atoms with Crippen molar-refractivity contribution in [2.75, 3.05) is 13.1 Å². The average molecular weight is 273 g/mol. The Morgan fingerprint density at radius 2 is 2.15 bits per heavy atom. The number of carbonyl (C=O) groups is 1. The Morgan fingerprint density at radius 1 is 1.35 bits per heavy atom. The molecule has 1 N–H and O–H groups in total. The van der Waals surface area contributed by atoms with Gasteiger partial charge in [-0.3, -0.25) is 9.69 Å². The lowest BCUT2D eigenvalue weighted by Gasteiger charge is -2.49. The van der Waals surface area contributed by atoms with Gasteiger partial charge in [0.2, 0.25) is 0 Å². The second kappa shape index (κ2) is 5.57. The number of likely N-dealkylation sites (tertiary alicyclic amines) is 1. The van der Waals surface area contributed by atoms with Crippen LogP contribution in [0, 0.1) is 11.3 Å². The van der Waals surface area contributed by atoms with Gasteiger partial charge >= 0.3 is 5.97 Å². The fourth-order valence-electron chi connectivity index (χ4n) is 4.29. The molecular formula is C17H23NO2. The first-order valence-corrected chi connectivity index (χ1v) is 7.63. The average Bonchev–Trinajstić information content (AvgIpc) is 2.38. The first kappa shape index (κ1) is 13.6. The summed E-state index contributed by atoms with van der Waals surface area (Å²) < 4.78 is 0. The van der Waals surface area contributed by atoms with Gasteiger partial charge < -0.3 is 5.11 Å². The minimum Gasteiger partial charge on any atom is -0.481 e. The summed E-state index contributed by atoms with van der Waals surface area (Å²) in [5, 5.41) is 9.23. The molecule has 1 saturated carbocycles. The van der Waals surface area contributed by atoms with Crippen LogP contribution in [0.5, 0.6) is 0 Å². The van der Waals surface area contributed by atoms with E-state index in [0.717, 1.165) is 32.5 Å². The van der Waals surface area contributed by atoms with E-state index in [1.807, 2.05) is 6.07 Å². The molecule has 2 unspecified atom stereocenters. The molecule has 2 atom stereocenters. The van der Waals surface area contributed by atoms with Crippen molar-refractivity contribution < 1.29 is 9.90 Å². The normalized spacial score (nSPS) is 30.1. The Bertz CT molecular complexity index is 473. The maximum absolute atomic E-state index is 11.2. The standard InChI is InChI=1S/C17H23NO2/c19-16(20)10-17-8-4-7-15(9-17)12-18(13-17)11-14-5-2-1-3-6-14/h1-3,5-6,15H,4,7-13H2,(H,19,20). The van der Waals surface area contributed by atoms with Crippen LogP contribution in [-0.2, 0) is 11.3 Å². The molecule has 1 saturated heterocycles. The highest BCUT2D eigenvalue weighted by Crippen LogP contribution is 2.46. The first-order valence-electron chi connectivity index (χ1n) is 7.63. The minimum atomic E-state index is -0.632. The molecule has 1 aliphatic carbocycles. The van der Waals surface area contributed by atoms with Gasteiger partial charge in [0.25, 0.3) is 0 Å². The molecule has 1 aromatic carbocycles. The molecular weight excluding hydrogens is 250 g/mol. The van der Waals surface area contributed by atoms with Gasteiger partial charge in [-0.25, -0.2) is 0 Å². The molecule has 0 spiro atoms. The van der Waals surface area contributed by atoms with Crippen LogP contribution >= 0.6 is 0 Å². The Morgan fingerprint density at radius 3 is 2.90 bits per heavy atom. The SMILES string of the molecule is O=C(O)CC12CCCC(CN(Cc3ccccc3)C1)C2. The summed E-state index contributed by atoms with van der Waals surface area (Å²) in [4.78, 5) is 13.7. The van der Waals surface area contributed by atoms with E-state index in [2.05, 4.69) is 29.2 Å². The summed E-state index contributed by atoms with van der Waals surface area (Å²) in [6.07, 6.45) is 5.02. The third kappa shape index (κ3) is 3.04. The van der Waals surface area contributed by atoms with Crippen LogP contribution < -0.4 is 0 Å². The number of aliphatic carboxylic acids is 1. The van der Waals surface area contributed by atoms with E-state index in [-0.39, 0.29) is 5.41 Å². The van der Waals surface area contributed by atoms with Crippen molar-refractivity contribution in [3.05, 3.63) is 35.9 Å². The van der Waals surface area contributed by atoms with Crippen molar-refractivity contribution in [3.63, 3.8) is 0 Å². The predicted molar refractivity (Wildman–Crippen MR) is 78.4 cm³/mol. The molecule has 20 heavy (non-hydrogen) atoms. The number of fused-ring (bicyclic) bond motifs is 2. The van der Waals surface area contributed by atoms with Crippen LogP contribution in [-0.4, -0.2) is 29.1 Å². The Kier molecular flexibility index (Phi) is 3.79. The Balaban J connectivity index is 1.72. The summed E-state index contributed by atoms with van der Waals surface area (Å²) in [5.74, 6) is 0.0628. The lowest BCUT2D eigenvalue weighted by atomic mass is 9.65. The van der Waals surface area contributed by atoms with E-state index in [4.69, 9.17) is 0 Å². The van der Waals surface area contributed by atoms with Crippen molar-refractivity contribution >= 4 is 5.97 Å². The van der Waals surface area contributed by atoms with Crippen molar-refractivity contribution in [2.45, 2.75) is 38.6 Å². The van der Waals surface area contributed by atoms with Gasteiger partial charge in [0.1, 0.15) is 0 Å². The lowest BCUT2D eigenvalue weighted by molar-refractivity contribution is -0.142. The summed E-state index contributed by atoms with van der Waals surface area (Å²) in [6, 6.07) is 10.5. The van der Waals surface area contributed by atoms with Gasteiger partial charge in [0.05, 0.1) is 6.42 Å². The van der Waals surface area contributed by atoms with E-state index in [1.54, 1.807) is 0 Å². The van der Waals surface area contributed by atoms with Gasteiger partial charge in [-0.1, -0.05) is 36.8 Å². The van der Waals surface area contributed by atoms with E-state index in [0.29, 0.717) is 12.3 Å². The van der Waals surface area contributed by atoms with Gasteiger partial charge in [-0.15, -0.1) is 0 Å². The van der Waals surface area contributed by atoms with E-state index < -0.39 is 5.97 Å². The van der Waals surface area contributed by atoms with E-state index in [9.17, 15) is 9.90 Å². The molecule has 3 rings (SSSR count). The highest BCUT2D eigenvalue weighted by molar-refractivity contribution is 5.67. The molecule has 1 aromatic rings. The number of benzene rings is 1. The molecule has 1 heterocycles. The van der Waals surface area contributed by atoms with Gasteiger partial charge in [0.15, 0.2) is 0 Å². The molecule has 2 bridgehead atoms. The summed E-state index contributed by atoms with van der Waals surface area (Å²) in [7, 11) is 0. The molecule has 0 amide bonds. The van der Waals surface area contributed by atoms with Gasteiger partial charge in [0, 0.05) is 19.6 Å². The second-order valence-electron chi connectivity index (χ2n) is 6.69. The monoisotopic (exact) mass is 273 g/mol. The molecule has 2 fully saturated rings. The van der Waals surface area contributed by atoms with Gasteiger partial charge in [-0.05, 0) is 36.2 Å². The summed E-state index contributed by atoms with van der Waals surface area (Å²) in [6.45, 7) is 3.04. The zero-order chi connectivity index (χ0) is 14.0. The van der Waals surface area contributed by atoms with Crippen LogP contribution in [0.3, 0.4) is 0 Å². The fraction of sp³-hybridized carbons (Fsp3) is 0.588. The number of carboxylic acid groups (broad SMARTS) is 1. The minimum absolute atomic E-state index is 0.0295. The van der Waals surface area contributed by atoms with Crippen LogP contribution in [0.25, 0.3) is 0 Å². The third-order valence-corrected chi connectivity index (χ3v) is 4.89. The Hall–Kier alpha value is -1.35. The largest absolute Gasteiger partial charge is 0.481 e. The second-order valence-corrected chi connectivity index (χ2v) is 6.69. The van der Waals surface area contributed by atoms with Crippen LogP contribution in [0.4, 0.5) is 0 Å². The molecule has 3 heteroatoms. The molecule has 1 aliphatic heterocycles. The van der Waals surface area contributed by atoms with E-state index >= 15 is 0 Å². The number of rotatable bonds is 4. The molecule has 0 radical (unpaired) electrons. The summed E-state index contributed by atoms with van der Waals surface area (Å²) in [5.41, 5.74) is 1.36. The van der Waals surface area contributed by atoms with Crippen LogP contribution in [0.1, 0.15) is 37.7 Å². The van der Waals surface area contributed by atoms with Crippen LogP contribution in [0.2, 0.25) is 0 Å².